The van der Waals surface area contributed by atoms with Gasteiger partial charge in [0, 0.05) is 38.0 Å². The molecule has 0 spiro atoms. The van der Waals surface area contributed by atoms with Crippen molar-refractivity contribution < 1.29 is 9.84 Å². The summed E-state index contributed by atoms with van der Waals surface area (Å²) in [7, 11) is 1.59. The highest BCUT2D eigenvalue weighted by Crippen LogP contribution is 2.18. The molecule has 0 bridgehead atoms. The van der Waals surface area contributed by atoms with Crippen molar-refractivity contribution in [2.24, 2.45) is 18.0 Å². The van der Waals surface area contributed by atoms with Crippen LogP contribution in [0.25, 0.3) is 0 Å². The van der Waals surface area contributed by atoms with Gasteiger partial charge in [0.2, 0.25) is 0 Å². The number of hydrogen-bond acceptors (Lipinski definition) is 6. The number of rotatable bonds is 8. The highest BCUT2D eigenvalue weighted by Gasteiger charge is 2.19. The van der Waals surface area contributed by atoms with E-state index in [1.807, 2.05) is 46.0 Å². The predicted molar refractivity (Wildman–Crippen MR) is 118 cm³/mol. The van der Waals surface area contributed by atoms with Crippen molar-refractivity contribution in [1.82, 2.24) is 14.1 Å². The first-order valence-corrected chi connectivity index (χ1v) is 10.2. The maximum Gasteiger partial charge on any atom is 0.332 e. The largest absolute Gasteiger partial charge is 0.478 e. The van der Waals surface area contributed by atoms with Gasteiger partial charge >= 0.3 is 5.69 Å². The van der Waals surface area contributed by atoms with Gasteiger partial charge in [-0.2, -0.15) is 4.99 Å². The molecule has 0 fully saturated rings. The van der Waals surface area contributed by atoms with Crippen LogP contribution in [0, 0.1) is 19.8 Å². The molecule has 2 heterocycles. The lowest BCUT2D eigenvalue weighted by molar-refractivity contribution is 0.212. The number of aliphatic hydroxyl groups excluding tert-OH is 1. The van der Waals surface area contributed by atoms with Crippen LogP contribution in [0.1, 0.15) is 44.0 Å². The van der Waals surface area contributed by atoms with E-state index in [4.69, 9.17) is 9.84 Å². The van der Waals surface area contributed by atoms with Gasteiger partial charge in [-0.05, 0) is 52.2 Å². The van der Waals surface area contributed by atoms with E-state index >= 15 is 0 Å². The van der Waals surface area contributed by atoms with Crippen molar-refractivity contribution in [3.8, 4) is 0 Å². The summed E-state index contributed by atoms with van der Waals surface area (Å²) in [6.07, 6.45) is 2.73. The molecule has 1 unspecified atom stereocenters. The SMILES string of the molecule is Cc1ccc(CC(C)C(=Nc2c(C)c(=O)n(CCCO)c(=O)n2C)OC(C)C)cn1. The molecule has 0 aliphatic heterocycles. The number of aliphatic imine (C=N–C) groups is 1. The van der Waals surface area contributed by atoms with Crippen LogP contribution in [-0.4, -0.2) is 37.8 Å². The first kappa shape index (κ1) is 23.5. The van der Waals surface area contributed by atoms with E-state index in [-0.39, 0.29) is 31.0 Å². The maximum absolute atomic E-state index is 12.7. The molecule has 30 heavy (non-hydrogen) atoms. The zero-order valence-electron chi connectivity index (χ0n) is 18.7. The van der Waals surface area contributed by atoms with Crippen LogP contribution in [0.4, 0.5) is 5.82 Å². The Morgan fingerprint density at radius 3 is 2.50 bits per heavy atom. The van der Waals surface area contributed by atoms with E-state index in [0.29, 0.717) is 24.3 Å². The normalized spacial score (nSPS) is 13.0. The van der Waals surface area contributed by atoms with Crippen LogP contribution in [0.3, 0.4) is 0 Å². The van der Waals surface area contributed by atoms with E-state index in [9.17, 15) is 9.59 Å². The molecule has 164 valence electrons. The lowest BCUT2D eigenvalue weighted by Crippen LogP contribution is -2.40. The van der Waals surface area contributed by atoms with Crippen molar-refractivity contribution in [1.29, 1.82) is 0 Å². The summed E-state index contributed by atoms with van der Waals surface area (Å²) in [5, 5.41) is 9.04. The van der Waals surface area contributed by atoms with Gasteiger partial charge in [0.1, 0.15) is 5.82 Å². The Kier molecular flexibility index (Phi) is 8.11. The van der Waals surface area contributed by atoms with Gasteiger partial charge in [0.15, 0.2) is 5.90 Å². The average molecular weight is 417 g/mol. The topological polar surface area (TPSA) is 98.7 Å². The minimum atomic E-state index is -0.461. The smallest absolute Gasteiger partial charge is 0.332 e. The molecular weight excluding hydrogens is 384 g/mol. The van der Waals surface area contributed by atoms with E-state index in [2.05, 4.69) is 9.98 Å². The number of aryl methyl sites for hydroxylation is 1. The average Bonchev–Trinajstić information content (AvgIpc) is 2.70. The van der Waals surface area contributed by atoms with Crippen LogP contribution in [0.5, 0.6) is 0 Å². The molecular formula is C22H32N4O4. The van der Waals surface area contributed by atoms with Gasteiger partial charge in [0.25, 0.3) is 5.56 Å². The summed E-state index contributed by atoms with van der Waals surface area (Å²) >= 11 is 0. The molecule has 0 aliphatic carbocycles. The summed E-state index contributed by atoms with van der Waals surface area (Å²) in [6, 6.07) is 3.98. The molecule has 8 heteroatoms. The molecule has 1 atom stereocenters. The number of ether oxygens (including phenoxy) is 1. The third kappa shape index (κ3) is 5.66. The monoisotopic (exact) mass is 416 g/mol. The summed E-state index contributed by atoms with van der Waals surface area (Å²) in [6.45, 7) is 9.48. The van der Waals surface area contributed by atoms with Crippen LogP contribution in [0.2, 0.25) is 0 Å². The van der Waals surface area contributed by atoms with Crippen molar-refractivity contribution in [2.45, 2.75) is 60.1 Å². The molecule has 0 aliphatic rings. The van der Waals surface area contributed by atoms with E-state index in [0.717, 1.165) is 15.8 Å². The molecule has 1 N–H and O–H groups in total. The molecule has 0 radical (unpaired) electrons. The highest BCUT2D eigenvalue weighted by molar-refractivity contribution is 5.81. The number of hydrogen-bond donors (Lipinski definition) is 1. The van der Waals surface area contributed by atoms with Gasteiger partial charge in [-0.3, -0.25) is 18.9 Å². The van der Waals surface area contributed by atoms with Crippen molar-refractivity contribution in [3.63, 3.8) is 0 Å². The summed E-state index contributed by atoms with van der Waals surface area (Å²) in [4.78, 5) is 34.4. The Balaban J connectivity index is 2.49. The predicted octanol–water partition coefficient (Wildman–Crippen LogP) is 2.28. The molecule has 2 rings (SSSR count). The van der Waals surface area contributed by atoms with Gasteiger partial charge in [-0.1, -0.05) is 13.0 Å². The van der Waals surface area contributed by atoms with E-state index in [1.54, 1.807) is 14.0 Å². The first-order chi connectivity index (χ1) is 14.1. The third-order valence-electron chi connectivity index (χ3n) is 4.79. The standard InChI is InChI=1S/C22H32N4O4/c1-14(2)30-20(15(3)12-18-9-8-16(4)23-13-18)24-19-17(5)21(28)26(10-7-11-27)22(29)25(19)6/h8-9,13-15,27H,7,10-12H2,1-6H3. The third-order valence-corrected chi connectivity index (χ3v) is 4.79. The Labute approximate surface area is 176 Å². The lowest BCUT2D eigenvalue weighted by Gasteiger charge is -2.20. The van der Waals surface area contributed by atoms with Gasteiger partial charge in [-0.25, -0.2) is 4.79 Å². The van der Waals surface area contributed by atoms with Crippen LogP contribution in [-0.2, 0) is 24.8 Å². The minimum Gasteiger partial charge on any atom is -0.478 e. The van der Waals surface area contributed by atoms with Crippen LogP contribution >= 0.6 is 0 Å². The Morgan fingerprint density at radius 1 is 1.23 bits per heavy atom. The van der Waals surface area contributed by atoms with Crippen molar-refractivity contribution in [3.05, 3.63) is 56.0 Å². The number of aliphatic hydroxyl groups is 1. The van der Waals surface area contributed by atoms with Crippen LogP contribution < -0.4 is 11.2 Å². The number of aromatic nitrogens is 3. The quantitative estimate of drug-likeness (QED) is 0.526. The fraction of sp³-hybridized carbons (Fsp3) is 0.545. The molecule has 2 aromatic heterocycles. The first-order valence-electron chi connectivity index (χ1n) is 10.2. The van der Waals surface area contributed by atoms with E-state index in [1.165, 1.54) is 4.57 Å². The molecule has 0 saturated carbocycles. The van der Waals surface area contributed by atoms with Gasteiger partial charge < -0.3 is 9.84 Å². The fourth-order valence-electron chi connectivity index (χ4n) is 3.15. The Hall–Kier alpha value is -2.74. The second-order valence-electron chi connectivity index (χ2n) is 7.85. The van der Waals surface area contributed by atoms with E-state index < -0.39 is 11.2 Å². The minimum absolute atomic E-state index is 0.0803. The molecule has 0 aromatic carbocycles. The Morgan fingerprint density at radius 2 is 1.93 bits per heavy atom. The molecule has 2 aromatic rings. The van der Waals surface area contributed by atoms with Gasteiger partial charge in [-0.15, -0.1) is 0 Å². The summed E-state index contributed by atoms with van der Waals surface area (Å²) in [5.74, 6) is 0.675. The van der Waals surface area contributed by atoms with Gasteiger partial charge in [0.05, 0.1) is 11.7 Å². The van der Waals surface area contributed by atoms with Crippen molar-refractivity contribution >= 4 is 11.7 Å². The Bertz CT molecular complexity index is 966. The summed E-state index contributed by atoms with van der Waals surface area (Å²) in [5.41, 5.74) is 1.51. The molecule has 0 saturated heterocycles. The number of nitrogens with zero attached hydrogens (tertiary/aromatic N) is 4. The molecule has 8 nitrogen and oxygen atoms in total. The zero-order chi connectivity index (χ0) is 22.4. The fourth-order valence-corrected chi connectivity index (χ4v) is 3.15. The highest BCUT2D eigenvalue weighted by atomic mass is 16.5. The maximum atomic E-state index is 12.7. The second-order valence-corrected chi connectivity index (χ2v) is 7.85. The van der Waals surface area contributed by atoms with Crippen LogP contribution in [0.15, 0.2) is 32.9 Å². The second kappa shape index (κ2) is 10.3. The van der Waals surface area contributed by atoms with Crippen molar-refractivity contribution in [2.75, 3.05) is 6.61 Å². The number of pyridine rings is 1. The molecule has 0 amide bonds. The zero-order valence-corrected chi connectivity index (χ0v) is 18.7. The lowest BCUT2D eigenvalue weighted by atomic mass is 10.0. The summed E-state index contributed by atoms with van der Waals surface area (Å²) < 4.78 is 8.46.